The number of rotatable bonds is 3. The highest BCUT2D eigenvalue weighted by molar-refractivity contribution is 9.11. The monoisotopic (exact) mass is 359 g/mol. The molecule has 2 N–H and O–H groups in total. The molecule has 7 heteroatoms. The summed E-state index contributed by atoms with van der Waals surface area (Å²) in [4.78, 5) is 17.7. The molecule has 0 radical (unpaired) electrons. The van der Waals surface area contributed by atoms with Crippen molar-refractivity contribution in [2.45, 2.75) is 6.54 Å². The summed E-state index contributed by atoms with van der Waals surface area (Å²) in [5.41, 5.74) is 7.09. The lowest BCUT2D eigenvalue weighted by Gasteiger charge is -2.16. The van der Waals surface area contributed by atoms with Crippen LogP contribution in [0.1, 0.15) is 15.9 Å². The van der Waals surface area contributed by atoms with Crippen molar-refractivity contribution in [1.82, 2.24) is 9.88 Å². The fourth-order valence-electron chi connectivity index (χ4n) is 1.64. The Hall–Kier alpha value is -1.11. The molecule has 0 spiro atoms. The number of aromatic nitrogens is 1. The van der Waals surface area contributed by atoms with Crippen LogP contribution in [0.5, 0.6) is 0 Å². The third-order valence-electron chi connectivity index (χ3n) is 2.45. The van der Waals surface area contributed by atoms with Gasteiger partial charge in [0.15, 0.2) is 0 Å². The molecule has 0 saturated carbocycles. The topological polar surface area (TPSA) is 59.2 Å². The molecule has 0 unspecified atom stereocenters. The number of carbonyl (C=O) groups is 1. The minimum atomic E-state index is -0.140. The van der Waals surface area contributed by atoms with Gasteiger partial charge in [0.05, 0.1) is 3.79 Å². The van der Waals surface area contributed by atoms with Gasteiger partial charge >= 0.3 is 0 Å². The molecule has 2 aromatic heterocycles. The number of anilines is 1. The number of nitrogens with two attached hydrogens (primary N) is 1. The van der Waals surface area contributed by atoms with Gasteiger partial charge in [-0.3, -0.25) is 4.79 Å². The molecule has 0 atom stereocenters. The van der Waals surface area contributed by atoms with Gasteiger partial charge in [0.25, 0.3) is 5.91 Å². The van der Waals surface area contributed by atoms with Gasteiger partial charge in [0.2, 0.25) is 0 Å². The SMILES string of the molecule is CN(Cc1csc(Br)c1)C(=O)c1cc(N)nc(Cl)c1. The van der Waals surface area contributed by atoms with Gasteiger partial charge in [-0.05, 0) is 45.1 Å². The number of nitrogens with zero attached hydrogens (tertiary/aromatic N) is 2. The highest BCUT2D eigenvalue weighted by atomic mass is 79.9. The van der Waals surface area contributed by atoms with E-state index in [0.29, 0.717) is 12.1 Å². The Kier molecular flexibility index (Phi) is 4.44. The average molecular weight is 361 g/mol. The zero-order valence-corrected chi connectivity index (χ0v) is 13.2. The average Bonchev–Trinajstić information content (AvgIpc) is 2.72. The molecule has 0 fully saturated rings. The van der Waals surface area contributed by atoms with E-state index in [0.717, 1.165) is 9.35 Å². The third-order valence-corrected chi connectivity index (χ3v) is 4.20. The van der Waals surface area contributed by atoms with E-state index in [4.69, 9.17) is 17.3 Å². The first kappa shape index (κ1) is 14.3. The summed E-state index contributed by atoms with van der Waals surface area (Å²) >= 11 is 10.8. The molecule has 100 valence electrons. The standard InChI is InChI=1S/C12H11BrClN3OS/c1-17(5-7-2-9(13)19-6-7)12(18)8-3-10(14)16-11(15)4-8/h2-4,6H,5H2,1H3,(H2,15,16). The van der Waals surface area contributed by atoms with Crippen molar-refractivity contribution in [2.24, 2.45) is 0 Å². The summed E-state index contributed by atoms with van der Waals surface area (Å²) in [5, 5.41) is 2.22. The molecule has 4 nitrogen and oxygen atoms in total. The van der Waals surface area contributed by atoms with Crippen LogP contribution in [0.2, 0.25) is 5.15 Å². The molecule has 19 heavy (non-hydrogen) atoms. The molecule has 2 aromatic rings. The van der Waals surface area contributed by atoms with Crippen molar-refractivity contribution in [1.29, 1.82) is 0 Å². The van der Waals surface area contributed by atoms with Crippen LogP contribution in [-0.4, -0.2) is 22.8 Å². The van der Waals surface area contributed by atoms with Crippen LogP contribution in [0.15, 0.2) is 27.4 Å². The van der Waals surface area contributed by atoms with Gasteiger partial charge in [-0.25, -0.2) is 4.98 Å². The summed E-state index contributed by atoms with van der Waals surface area (Å²) in [5.74, 6) is 0.0980. The van der Waals surface area contributed by atoms with Crippen LogP contribution in [0.25, 0.3) is 0 Å². The predicted octanol–water partition coefficient (Wildman–Crippen LogP) is 3.41. The van der Waals surface area contributed by atoms with E-state index in [2.05, 4.69) is 20.9 Å². The number of halogens is 2. The minimum Gasteiger partial charge on any atom is -0.384 e. The van der Waals surface area contributed by atoms with Crippen molar-refractivity contribution < 1.29 is 4.79 Å². The molecule has 0 aromatic carbocycles. The number of carbonyl (C=O) groups excluding carboxylic acids is 1. The molecule has 2 rings (SSSR count). The lowest BCUT2D eigenvalue weighted by molar-refractivity contribution is 0.0785. The molecular weight excluding hydrogens is 350 g/mol. The second kappa shape index (κ2) is 5.90. The van der Waals surface area contributed by atoms with E-state index in [-0.39, 0.29) is 16.9 Å². The zero-order valence-electron chi connectivity index (χ0n) is 10.1. The van der Waals surface area contributed by atoms with Gasteiger partial charge in [-0.2, -0.15) is 0 Å². The lowest BCUT2D eigenvalue weighted by Crippen LogP contribution is -2.26. The number of thiophene rings is 1. The summed E-state index contributed by atoms with van der Waals surface area (Å²) in [7, 11) is 1.73. The van der Waals surface area contributed by atoms with Crippen LogP contribution < -0.4 is 5.73 Å². The first-order valence-electron chi connectivity index (χ1n) is 5.37. The van der Waals surface area contributed by atoms with E-state index in [9.17, 15) is 4.79 Å². The van der Waals surface area contributed by atoms with Crippen LogP contribution in [0.3, 0.4) is 0 Å². The second-order valence-electron chi connectivity index (χ2n) is 4.02. The summed E-state index contributed by atoms with van der Waals surface area (Å²) in [6.45, 7) is 0.529. The van der Waals surface area contributed by atoms with Gasteiger partial charge in [-0.1, -0.05) is 11.6 Å². The normalized spacial score (nSPS) is 10.5. The van der Waals surface area contributed by atoms with Crippen molar-refractivity contribution in [2.75, 3.05) is 12.8 Å². The van der Waals surface area contributed by atoms with E-state index in [1.165, 1.54) is 12.1 Å². The maximum atomic E-state index is 12.2. The maximum absolute atomic E-state index is 12.2. The van der Waals surface area contributed by atoms with E-state index < -0.39 is 0 Å². The highest BCUT2D eigenvalue weighted by Crippen LogP contribution is 2.22. The Morgan fingerprint density at radius 1 is 1.53 bits per heavy atom. The number of hydrogen-bond acceptors (Lipinski definition) is 4. The van der Waals surface area contributed by atoms with Gasteiger partial charge in [-0.15, -0.1) is 11.3 Å². The smallest absolute Gasteiger partial charge is 0.254 e. The van der Waals surface area contributed by atoms with Gasteiger partial charge in [0.1, 0.15) is 11.0 Å². The van der Waals surface area contributed by atoms with E-state index in [1.807, 2.05) is 11.4 Å². The first-order valence-corrected chi connectivity index (χ1v) is 7.42. The van der Waals surface area contributed by atoms with E-state index in [1.54, 1.807) is 23.3 Å². The van der Waals surface area contributed by atoms with E-state index >= 15 is 0 Å². The molecule has 0 aliphatic heterocycles. The van der Waals surface area contributed by atoms with Crippen LogP contribution in [0.4, 0.5) is 5.82 Å². The van der Waals surface area contributed by atoms with Crippen molar-refractivity contribution in [3.63, 3.8) is 0 Å². The summed E-state index contributed by atoms with van der Waals surface area (Å²) in [6.07, 6.45) is 0. The number of amides is 1. The van der Waals surface area contributed by atoms with Gasteiger partial charge < -0.3 is 10.6 Å². The fourth-order valence-corrected chi connectivity index (χ4v) is 3.05. The molecule has 0 bridgehead atoms. The van der Waals surface area contributed by atoms with Crippen LogP contribution in [0, 0.1) is 0 Å². The lowest BCUT2D eigenvalue weighted by atomic mass is 10.2. The Bertz CT molecular complexity index is 597. The zero-order chi connectivity index (χ0) is 14.0. The molecule has 0 saturated heterocycles. The Morgan fingerprint density at radius 2 is 2.26 bits per heavy atom. The van der Waals surface area contributed by atoms with Crippen molar-refractivity contribution in [3.8, 4) is 0 Å². The van der Waals surface area contributed by atoms with Gasteiger partial charge in [0, 0.05) is 19.2 Å². The van der Waals surface area contributed by atoms with Crippen LogP contribution >= 0.6 is 38.9 Å². The summed E-state index contributed by atoms with van der Waals surface area (Å²) in [6, 6.07) is 5.02. The summed E-state index contributed by atoms with van der Waals surface area (Å²) < 4.78 is 1.04. The maximum Gasteiger partial charge on any atom is 0.254 e. The predicted molar refractivity (Wildman–Crippen MR) is 81.5 cm³/mol. The van der Waals surface area contributed by atoms with Crippen LogP contribution in [-0.2, 0) is 6.54 Å². The highest BCUT2D eigenvalue weighted by Gasteiger charge is 2.14. The number of pyridine rings is 1. The molecule has 0 aliphatic rings. The molecule has 2 heterocycles. The Balaban J connectivity index is 2.14. The third kappa shape index (κ3) is 3.68. The number of nitrogen functional groups attached to an aromatic ring is 1. The minimum absolute atomic E-state index is 0.140. The Labute approximate surface area is 128 Å². The quantitative estimate of drug-likeness (QED) is 0.853. The van der Waals surface area contributed by atoms with Crippen molar-refractivity contribution in [3.05, 3.63) is 43.6 Å². The van der Waals surface area contributed by atoms with Crippen molar-refractivity contribution >= 4 is 50.6 Å². The first-order chi connectivity index (χ1) is 8.95. The fraction of sp³-hybridized carbons (Fsp3) is 0.167. The molecule has 0 aliphatic carbocycles. The molecule has 1 amide bonds. The second-order valence-corrected chi connectivity index (χ2v) is 6.70. The number of hydrogen-bond donors (Lipinski definition) is 1. The Morgan fingerprint density at radius 3 is 2.84 bits per heavy atom. The largest absolute Gasteiger partial charge is 0.384 e. The molecular formula is C12H11BrClN3OS.